The predicted octanol–water partition coefficient (Wildman–Crippen LogP) is 0.878. The third-order valence-electron chi connectivity index (χ3n) is 3.93. The predicted molar refractivity (Wildman–Crippen MR) is 103 cm³/mol. The van der Waals surface area contributed by atoms with Crippen molar-refractivity contribution in [2.45, 2.75) is 11.8 Å². The summed E-state index contributed by atoms with van der Waals surface area (Å²) in [4.78, 5) is 36.6. The molecule has 0 aliphatic carbocycles. The van der Waals surface area contributed by atoms with Gasteiger partial charge in [0, 0.05) is 36.7 Å². The minimum Gasteiger partial charge on any atom is -0.378 e. The van der Waals surface area contributed by atoms with Gasteiger partial charge in [-0.3, -0.25) is 14.9 Å². The Kier molecular flexibility index (Phi) is 8.51. The largest absolute Gasteiger partial charge is 0.378 e. The van der Waals surface area contributed by atoms with Crippen LogP contribution in [0.5, 0.6) is 0 Å². The standard InChI is InChI=1S/C17H21N5O5S/c18-4-5-19-16(23)15(20-17(24)21-6-8-27-9-7-21)12-28-11-13-2-1-3-14(10-13)22(25)26/h1-3,10,15H,5-9,11-12H2,(H,19,23)(H,20,24). The molecule has 0 aromatic heterocycles. The number of amides is 3. The van der Waals surface area contributed by atoms with Gasteiger partial charge >= 0.3 is 6.03 Å². The van der Waals surface area contributed by atoms with Crippen molar-refractivity contribution in [1.82, 2.24) is 15.5 Å². The molecule has 1 fully saturated rings. The van der Waals surface area contributed by atoms with Gasteiger partial charge < -0.3 is 20.3 Å². The van der Waals surface area contributed by atoms with Crippen LogP contribution in [0.1, 0.15) is 5.56 Å². The monoisotopic (exact) mass is 407 g/mol. The van der Waals surface area contributed by atoms with Crippen molar-refractivity contribution >= 4 is 29.4 Å². The highest BCUT2D eigenvalue weighted by molar-refractivity contribution is 7.98. The zero-order chi connectivity index (χ0) is 20.4. The molecule has 0 bridgehead atoms. The molecular formula is C17H21N5O5S. The van der Waals surface area contributed by atoms with Crippen LogP contribution in [0.3, 0.4) is 0 Å². The first kappa shape index (κ1) is 21.5. The number of rotatable bonds is 8. The molecule has 3 amide bonds. The summed E-state index contributed by atoms with van der Waals surface area (Å²) >= 11 is 1.36. The summed E-state index contributed by atoms with van der Waals surface area (Å²) in [5, 5.41) is 24.6. The summed E-state index contributed by atoms with van der Waals surface area (Å²) in [5.74, 6) is 0.252. The fraction of sp³-hybridized carbons (Fsp3) is 0.471. The van der Waals surface area contributed by atoms with Crippen LogP contribution in [-0.4, -0.2) is 66.4 Å². The minimum absolute atomic E-state index is 0.00188. The van der Waals surface area contributed by atoms with Gasteiger partial charge in [-0.05, 0) is 5.56 Å². The molecule has 1 unspecified atom stereocenters. The molecular weight excluding hydrogens is 386 g/mol. The van der Waals surface area contributed by atoms with Gasteiger partial charge in [0.2, 0.25) is 5.91 Å². The van der Waals surface area contributed by atoms with Gasteiger partial charge in [0.1, 0.15) is 12.6 Å². The Morgan fingerprint density at radius 1 is 1.39 bits per heavy atom. The maximum atomic E-state index is 12.4. The lowest BCUT2D eigenvalue weighted by molar-refractivity contribution is -0.384. The summed E-state index contributed by atoms with van der Waals surface area (Å²) < 4.78 is 5.21. The molecule has 28 heavy (non-hydrogen) atoms. The molecule has 2 N–H and O–H groups in total. The van der Waals surface area contributed by atoms with Crippen molar-refractivity contribution in [3.05, 3.63) is 39.9 Å². The zero-order valence-electron chi connectivity index (χ0n) is 15.1. The Balaban J connectivity index is 1.94. The van der Waals surface area contributed by atoms with Gasteiger partial charge in [0.25, 0.3) is 5.69 Å². The number of morpholine rings is 1. The smallest absolute Gasteiger partial charge is 0.318 e. The van der Waals surface area contributed by atoms with E-state index in [1.54, 1.807) is 17.0 Å². The highest BCUT2D eigenvalue weighted by Crippen LogP contribution is 2.18. The van der Waals surface area contributed by atoms with E-state index in [1.807, 2.05) is 6.07 Å². The summed E-state index contributed by atoms with van der Waals surface area (Å²) in [7, 11) is 0. The van der Waals surface area contributed by atoms with E-state index < -0.39 is 16.9 Å². The second-order valence-electron chi connectivity index (χ2n) is 5.92. The van der Waals surface area contributed by atoms with Crippen molar-refractivity contribution in [1.29, 1.82) is 5.26 Å². The summed E-state index contributed by atoms with van der Waals surface area (Å²) in [6, 6.07) is 6.89. The lowest BCUT2D eigenvalue weighted by Crippen LogP contribution is -2.54. The second-order valence-corrected chi connectivity index (χ2v) is 6.95. The quantitative estimate of drug-likeness (QED) is 0.371. The third kappa shape index (κ3) is 6.71. The number of thioether (sulfide) groups is 1. The fourth-order valence-electron chi connectivity index (χ4n) is 2.49. The Bertz CT molecular complexity index is 748. The first-order valence-electron chi connectivity index (χ1n) is 8.60. The number of nitrogens with one attached hydrogen (secondary N) is 2. The van der Waals surface area contributed by atoms with E-state index in [-0.39, 0.29) is 24.0 Å². The van der Waals surface area contributed by atoms with Crippen LogP contribution in [0.4, 0.5) is 10.5 Å². The van der Waals surface area contributed by atoms with Gasteiger partial charge in [-0.25, -0.2) is 4.79 Å². The zero-order valence-corrected chi connectivity index (χ0v) is 15.9. The summed E-state index contributed by atoms with van der Waals surface area (Å²) in [6.45, 7) is 1.62. The Morgan fingerprint density at radius 3 is 2.82 bits per heavy atom. The summed E-state index contributed by atoms with van der Waals surface area (Å²) in [6.07, 6.45) is 0. The molecule has 11 heteroatoms. The fourth-order valence-corrected chi connectivity index (χ4v) is 3.50. The van der Waals surface area contributed by atoms with Gasteiger partial charge in [0.15, 0.2) is 0 Å². The van der Waals surface area contributed by atoms with E-state index in [4.69, 9.17) is 10.00 Å². The number of nitro groups is 1. The lowest BCUT2D eigenvalue weighted by Gasteiger charge is -2.29. The van der Waals surface area contributed by atoms with Crippen LogP contribution in [-0.2, 0) is 15.3 Å². The number of carbonyl (C=O) groups is 2. The van der Waals surface area contributed by atoms with Crippen molar-refractivity contribution in [2.24, 2.45) is 0 Å². The van der Waals surface area contributed by atoms with E-state index in [2.05, 4.69) is 10.6 Å². The highest BCUT2D eigenvalue weighted by Gasteiger charge is 2.24. The number of nitrogens with zero attached hydrogens (tertiary/aromatic N) is 3. The topological polar surface area (TPSA) is 138 Å². The van der Waals surface area contributed by atoms with Gasteiger partial charge in [0.05, 0.1) is 24.2 Å². The van der Waals surface area contributed by atoms with Crippen LogP contribution in [0.2, 0.25) is 0 Å². The minimum atomic E-state index is -0.826. The molecule has 2 rings (SSSR count). The van der Waals surface area contributed by atoms with Gasteiger partial charge in [-0.1, -0.05) is 12.1 Å². The van der Waals surface area contributed by atoms with E-state index >= 15 is 0 Å². The maximum Gasteiger partial charge on any atom is 0.318 e. The number of hydrogen-bond acceptors (Lipinski definition) is 7. The number of nitro benzene ring substituents is 1. The molecule has 150 valence electrons. The Morgan fingerprint density at radius 2 is 2.14 bits per heavy atom. The number of carbonyl (C=O) groups excluding carboxylic acids is 2. The van der Waals surface area contributed by atoms with Crippen molar-refractivity contribution in [2.75, 3.05) is 38.6 Å². The van der Waals surface area contributed by atoms with Crippen LogP contribution in [0.15, 0.2) is 24.3 Å². The van der Waals surface area contributed by atoms with Crippen molar-refractivity contribution in [3.8, 4) is 6.07 Å². The van der Waals surface area contributed by atoms with Crippen LogP contribution in [0, 0.1) is 21.4 Å². The molecule has 1 heterocycles. The lowest BCUT2D eigenvalue weighted by atomic mass is 10.2. The Labute approximate surface area is 166 Å². The van der Waals surface area contributed by atoms with Crippen LogP contribution >= 0.6 is 11.8 Å². The van der Waals surface area contributed by atoms with Crippen LogP contribution in [0.25, 0.3) is 0 Å². The summed E-state index contributed by atoms with van der Waals surface area (Å²) in [5.41, 5.74) is 0.747. The SMILES string of the molecule is N#CCNC(=O)C(CSCc1cccc([N+](=O)[O-])c1)NC(=O)N1CCOCC1. The number of ether oxygens (including phenoxy) is 1. The van der Waals surface area contributed by atoms with E-state index in [0.717, 1.165) is 5.56 Å². The highest BCUT2D eigenvalue weighted by atomic mass is 32.2. The first-order valence-corrected chi connectivity index (χ1v) is 9.75. The van der Waals surface area contributed by atoms with E-state index in [9.17, 15) is 19.7 Å². The molecule has 0 radical (unpaired) electrons. The molecule has 0 saturated carbocycles. The molecule has 1 saturated heterocycles. The number of urea groups is 1. The molecule has 1 atom stereocenters. The number of nitriles is 1. The van der Waals surface area contributed by atoms with E-state index in [0.29, 0.717) is 32.1 Å². The van der Waals surface area contributed by atoms with Crippen LogP contribution < -0.4 is 10.6 Å². The molecule has 1 aliphatic rings. The molecule has 1 aromatic rings. The number of benzene rings is 1. The first-order chi connectivity index (χ1) is 13.5. The van der Waals surface area contributed by atoms with Crippen molar-refractivity contribution < 1.29 is 19.2 Å². The van der Waals surface area contributed by atoms with E-state index in [1.165, 1.54) is 23.9 Å². The number of non-ortho nitro benzene ring substituents is 1. The number of hydrogen-bond donors (Lipinski definition) is 2. The Hall–Kier alpha value is -2.84. The van der Waals surface area contributed by atoms with Crippen molar-refractivity contribution in [3.63, 3.8) is 0 Å². The molecule has 0 spiro atoms. The molecule has 1 aliphatic heterocycles. The average Bonchev–Trinajstić information content (AvgIpc) is 2.72. The molecule has 1 aromatic carbocycles. The van der Waals surface area contributed by atoms with Gasteiger partial charge in [-0.2, -0.15) is 17.0 Å². The third-order valence-corrected chi connectivity index (χ3v) is 5.04. The molecule has 10 nitrogen and oxygen atoms in total. The average molecular weight is 407 g/mol. The maximum absolute atomic E-state index is 12.4. The second kappa shape index (κ2) is 11.1. The van der Waals surface area contributed by atoms with Gasteiger partial charge in [-0.15, -0.1) is 0 Å². The normalized spacial score (nSPS) is 14.6.